The fraction of sp³-hybridized carbons (Fsp3) is 0.976. The molecule has 5 rings (SSSR count). The molecule has 5 aliphatic rings. The summed E-state index contributed by atoms with van der Waals surface area (Å²) in [4.78, 5) is 12.4. The number of aliphatic hydroxyl groups is 12. The van der Waals surface area contributed by atoms with Crippen molar-refractivity contribution in [2.75, 3.05) is 66.1 Å². The van der Waals surface area contributed by atoms with E-state index < -0.39 is 184 Å². The number of carboxylic acids is 1. The molecule has 5 aliphatic heterocycles. The van der Waals surface area contributed by atoms with Crippen molar-refractivity contribution in [3.63, 3.8) is 0 Å². The zero-order valence-electron chi connectivity index (χ0n) is 37.3. The van der Waals surface area contributed by atoms with Gasteiger partial charge in [-0.3, -0.25) is 0 Å². The number of ether oxygens (including phenoxy) is 9. The molecule has 0 amide bonds. The molecule has 23 nitrogen and oxygen atoms in total. The van der Waals surface area contributed by atoms with E-state index in [1.54, 1.807) is 13.8 Å². The Morgan fingerprint density at radius 2 is 0.800 bits per heavy atom. The highest BCUT2D eigenvalue weighted by molar-refractivity contribution is 5.73. The Bertz CT molecular complexity index is 1420. The lowest BCUT2D eigenvalue weighted by molar-refractivity contribution is -0.247. The summed E-state index contributed by atoms with van der Waals surface area (Å²) >= 11 is 0. The van der Waals surface area contributed by atoms with Crippen molar-refractivity contribution in [2.45, 2.75) is 163 Å². The number of hydrogen-bond donors (Lipinski definition) is 13. The van der Waals surface area contributed by atoms with Crippen molar-refractivity contribution in [3.8, 4) is 0 Å². The van der Waals surface area contributed by atoms with Gasteiger partial charge in [0.05, 0.1) is 121 Å². The van der Waals surface area contributed by atoms with Crippen LogP contribution in [0.15, 0.2) is 0 Å². The van der Waals surface area contributed by atoms with Gasteiger partial charge in [0.15, 0.2) is 6.10 Å². The molecule has 0 aromatic carbocycles. The molecule has 0 bridgehead atoms. The molecule has 0 spiro atoms. The predicted octanol–water partition coefficient (Wildman–Crippen LogP) is -5.49. The Kier molecular flexibility index (Phi) is 21.0. The van der Waals surface area contributed by atoms with E-state index in [1.807, 2.05) is 6.92 Å². The van der Waals surface area contributed by atoms with Crippen molar-refractivity contribution in [3.05, 3.63) is 0 Å². The standard InChI is InChI=1S/C42H74O23/c1-5-19-32(46)26(8-44)64-27(33(19)47)13-60-12-23-36(50)38(52)30(65-41(23)42(55)56)16-58-10-21-22(11-59-15-29-39(53)40(54)31(45)18(4)62-29)34(48)28(63-25(21)7-43)14-57-9-20-17(3)61-24(6-2)37(51)35(20)49/h17-41,43-54H,5-16H2,1-4H3,(H,55,56)/t17?,18?,19-,20+,21+,22-,23+,24+,25?,26?,27+,28+,29+,30+,31-,32+,33?,34?,35+,36-,37?,38?,39?,40+,41?/m1/s1. The van der Waals surface area contributed by atoms with Crippen LogP contribution in [0.25, 0.3) is 0 Å². The lowest BCUT2D eigenvalue weighted by Crippen LogP contribution is -2.60. The average molecular weight is 947 g/mol. The van der Waals surface area contributed by atoms with Gasteiger partial charge in [0.25, 0.3) is 0 Å². The van der Waals surface area contributed by atoms with Gasteiger partial charge in [-0.2, -0.15) is 0 Å². The molecular weight excluding hydrogens is 872 g/mol. The smallest absolute Gasteiger partial charge is 0.333 e. The van der Waals surface area contributed by atoms with E-state index in [0.29, 0.717) is 12.8 Å². The zero-order chi connectivity index (χ0) is 47.9. The first-order valence-corrected chi connectivity index (χ1v) is 22.7. The molecule has 5 saturated heterocycles. The van der Waals surface area contributed by atoms with Crippen molar-refractivity contribution in [1.82, 2.24) is 0 Å². The van der Waals surface area contributed by atoms with Crippen LogP contribution in [0, 0.1) is 29.6 Å². The first kappa shape index (κ1) is 54.6. The van der Waals surface area contributed by atoms with Crippen LogP contribution >= 0.6 is 0 Å². The molecule has 13 N–H and O–H groups in total. The van der Waals surface area contributed by atoms with Gasteiger partial charge in [0.2, 0.25) is 0 Å². The molecule has 10 unspecified atom stereocenters. The monoisotopic (exact) mass is 946 g/mol. The Morgan fingerprint density at radius 3 is 1.34 bits per heavy atom. The van der Waals surface area contributed by atoms with Crippen molar-refractivity contribution >= 4 is 5.97 Å². The Morgan fingerprint density at radius 1 is 0.385 bits per heavy atom. The SMILES string of the molecule is CC[C@@H]1OC(C)[C@H](COC[C@@H]2OC(CO)[C@@H](COC[C@@H]3OC(C(=O)O)[C@@H](COC[C@@H]4OC(CO)[C@@H](O)[C@@H](CC)C4O)[C@@H](O)C3O)[C@@H](COC[C@@H]3OC(C)[C@@H](O)[C@H](O)C3O)C2O)[C@H](O)C1O. The van der Waals surface area contributed by atoms with Gasteiger partial charge in [0, 0.05) is 29.6 Å². The molecule has 0 radical (unpaired) electrons. The molecule has 0 aromatic heterocycles. The number of rotatable bonds is 21. The Labute approximate surface area is 377 Å². The lowest BCUT2D eigenvalue weighted by atomic mass is 9.79. The number of carboxylic acid groups (broad SMARTS) is 1. The van der Waals surface area contributed by atoms with Gasteiger partial charge in [0.1, 0.15) is 61.0 Å². The number of carbonyl (C=O) groups is 1. The molecule has 23 heteroatoms. The van der Waals surface area contributed by atoms with Crippen LogP contribution in [0.3, 0.4) is 0 Å². The fourth-order valence-corrected chi connectivity index (χ4v) is 9.81. The molecule has 5 heterocycles. The van der Waals surface area contributed by atoms with Gasteiger partial charge in [-0.15, -0.1) is 0 Å². The summed E-state index contributed by atoms with van der Waals surface area (Å²) in [7, 11) is 0. The van der Waals surface area contributed by atoms with Crippen LogP contribution in [0.2, 0.25) is 0 Å². The Balaban J connectivity index is 1.22. The summed E-state index contributed by atoms with van der Waals surface area (Å²) < 4.78 is 52.4. The number of aliphatic carboxylic acids is 1. The highest BCUT2D eigenvalue weighted by Crippen LogP contribution is 2.35. The average Bonchev–Trinajstić information content (AvgIpc) is 3.28. The molecule has 65 heavy (non-hydrogen) atoms. The summed E-state index contributed by atoms with van der Waals surface area (Å²) in [6.07, 6.45) is -22.8. The normalized spacial score (nSPS) is 47.4. The maximum atomic E-state index is 12.4. The largest absolute Gasteiger partial charge is 0.479 e. The first-order valence-electron chi connectivity index (χ1n) is 22.7. The third-order valence-electron chi connectivity index (χ3n) is 14.0. The van der Waals surface area contributed by atoms with E-state index in [2.05, 4.69) is 0 Å². The summed E-state index contributed by atoms with van der Waals surface area (Å²) in [6.45, 7) is 3.44. The molecular formula is C42H74O23. The van der Waals surface area contributed by atoms with E-state index in [4.69, 9.17) is 42.6 Å². The van der Waals surface area contributed by atoms with Gasteiger partial charge < -0.3 is 109 Å². The van der Waals surface area contributed by atoms with Gasteiger partial charge in [-0.25, -0.2) is 4.79 Å². The van der Waals surface area contributed by atoms with Crippen LogP contribution < -0.4 is 0 Å². The van der Waals surface area contributed by atoms with Gasteiger partial charge in [-0.05, 0) is 26.7 Å². The van der Waals surface area contributed by atoms with E-state index in [9.17, 15) is 71.2 Å². The van der Waals surface area contributed by atoms with Crippen LogP contribution in [-0.4, -0.2) is 261 Å². The fourth-order valence-electron chi connectivity index (χ4n) is 9.81. The lowest BCUT2D eigenvalue weighted by Gasteiger charge is -2.46. The molecule has 25 atom stereocenters. The van der Waals surface area contributed by atoms with Crippen molar-refractivity contribution in [2.24, 2.45) is 29.6 Å². The summed E-state index contributed by atoms with van der Waals surface area (Å²) in [5, 5.41) is 138. The third-order valence-corrected chi connectivity index (χ3v) is 14.0. The minimum absolute atomic E-state index is 0.0729. The zero-order valence-corrected chi connectivity index (χ0v) is 37.3. The first-order chi connectivity index (χ1) is 30.9. The van der Waals surface area contributed by atoms with Crippen molar-refractivity contribution < 1.29 is 114 Å². The molecule has 0 aliphatic carbocycles. The quantitative estimate of drug-likeness (QED) is 0.0510. The number of aliphatic hydroxyl groups excluding tert-OH is 12. The topological polar surface area (TPSA) is 363 Å². The molecule has 5 fully saturated rings. The molecule has 0 aromatic rings. The van der Waals surface area contributed by atoms with Gasteiger partial charge in [-0.1, -0.05) is 13.8 Å². The minimum Gasteiger partial charge on any atom is -0.479 e. The molecule has 0 saturated carbocycles. The summed E-state index contributed by atoms with van der Waals surface area (Å²) in [5.41, 5.74) is 0. The van der Waals surface area contributed by atoms with Gasteiger partial charge >= 0.3 is 5.97 Å². The van der Waals surface area contributed by atoms with E-state index in [0.717, 1.165) is 0 Å². The Hall–Kier alpha value is -1.37. The third kappa shape index (κ3) is 12.7. The van der Waals surface area contributed by atoms with E-state index in [1.165, 1.54) is 6.92 Å². The number of hydrogen-bond acceptors (Lipinski definition) is 22. The maximum Gasteiger partial charge on any atom is 0.333 e. The summed E-state index contributed by atoms with van der Waals surface area (Å²) in [5.74, 6) is -5.74. The van der Waals surface area contributed by atoms with Crippen LogP contribution in [0.1, 0.15) is 40.5 Å². The maximum absolute atomic E-state index is 12.4. The highest BCUT2D eigenvalue weighted by Gasteiger charge is 2.51. The van der Waals surface area contributed by atoms with Crippen LogP contribution in [-0.2, 0) is 47.4 Å². The van der Waals surface area contributed by atoms with Crippen LogP contribution in [0.4, 0.5) is 0 Å². The second-order valence-electron chi connectivity index (χ2n) is 18.2. The summed E-state index contributed by atoms with van der Waals surface area (Å²) in [6, 6.07) is 0. The predicted molar refractivity (Wildman–Crippen MR) is 218 cm³/mol. The van der Waals surface area contributed by atoms with Crippen LogP contribution in [0.5, 0.6) is 0 Å². The van der Waals surface area contributed by atoms with E-state index in [-0.39, 0.29) is 39.6 Å². The second-order valence-corrected chi connectivity index (χ2v) is 18.2. The van der Waals surface area contributed by atoms with E-state index >= 15 is 0 Å². The highest BCUT2D eigenvalue weighted by atomic mass is 16.6. The van der Waals surface area contributed by atoms with Crippen molar-refractivity contribution in [1.29, 1.82) is 0 Å². The minimum atomic E-state index is -1.70. The molecule has 380 valence electrons. The second kappa shape index (κ2) is 25.0.